The van der Waals surface area contributed by atoms with Crippen molar-refractivity contribution in [1.82, 2.24) is 0 Å². The zero-order valence-corrected chi connectivity index (χ0v) is 12.6. The summed E-state index contributed by atoms with van der Waals surface area (Å²) in [7, 11) is 0. The van der Waals surface area contributed by atoms with E-state index in [1.54, 1.807) is 18.2 Å². The van der Waals surface area contributed by atoms with E-state index in [0.29, 0.717) is 21.7 Å². The molecule has 0 aromatic heterocycles. The van der Waals surface area contributed by atoms with Gasteiger partial charge < -0.3 is 0 Å². The Hall–Kier alpha value is -1.06. The molecule has 1 aliphatic heterocycles. The molecule has 2 fully saturated rings. The summed E-state index contributed by atoms with van der Waals surface area (Å²) in [6.07, 6.45) is 2.56. The fourth-order valence-electron chi connectivity index (χ4n) is 3.28. The third-order valence-corrected chi connectivity index (χ3v) is 4.89. The predicted octanol–water partition coefficient (Wildman–Crippen LogP) is 3.92. The number of anilines is 1. The van der Waals surface area contributed by atoms with Crippen molar-refractivity contribution in [3.63, 3.8) is 0 Å². The lowest BCUT2D eigenvalue weighted by molar-refractivity contribution is -0.122. The van der Waals surface area contributed by atoms with Crippen LogP contribution in [0.1, 0.15) is 26.2 Å². The molecule has 3 rings (SSSR count). The number of fused-ring (bicyclic) bond motifs is 1. The van der Waals surface area contributed by atoms with Gasteiger partial charge >= 0.3 is 0 Å². The number of imide groups is 1. The molecular formula is C15H15Cl2NO2. The van der Waals surface area contributed by atoms with Gasteiger partial charge in [0.25, 0.3) is 0 Å². The van der Waals surface area contributed by atoms with Crippen LogP contribution < -0.4 is 4.90 Å². The fraction of sp³-hybridized carbons (Fsp3) is 0.467. The van der Waals surface area contributed by atoms with Crippen molar-refractivity contribution in [3.8, 4) is 0 Å². The molecule has 1 saturated carbocycles. The average molecular weight is 312 g/mol. The molecule has 0 N–H and O–H groups in total. The zero-order chi connectivity index (χ0) is 14.4. The molecule has 1 aliphatic carbocycles. The summed E-state index contributed by atoms with van der Waals surface area (Å²) in [5.74, 6) is -0.149. The second-order valence-electron chi connectivity index (χ2n) is 5.74. The lowest BCUT2D eigenvalue weighted by atomic mass is 9.76. The summed E-state index contributed by atoms with van der Waals surface area (Å²) < 4.78 is 0. The lowest BCUT2D eigenvalue weighted by Gasteiger charge is -2.25. The molecule has 0 unspecified atom stereocenters. The Labute approximate surface area is 127 Å². The molecule has 1 heterocycles. The van der Waals surface area contributed by atoms with Gasteiger partial charge in [-0.2, -0.15) is 0 Å². The van der Waals surface area contributed by atoms with Gasteiger partial charge in [0.05, 0.1) is 22.5 Å². The van der Waals surface area contributed by atoms with Gasteiger partial charge in [0.1, 0.15) is 0 Å². The first-order valence-corrected chi connectivity index (χ1v) is 7.57. The van der Waals surface area contributed by atoms with Crippen LogP contribution in [0.5, 0.6) is 0 Å². The molecule has 5 heteroatoms. The van der Waals surface area contributed by atoms with E-state index in [1.165, 1.54) is 4.90 Å². The van der Waals surface area contributed by atoms with Crippen LogP contribution in [-0.2, 0) is 9.59 Å². The molecular weight excluding hydrogens is 297 g/mol. The molecule has 106 valence electrons. The van der Waals surface area contributed by atoms with E-state index in [9.17, 15) is 9.59 Å². The number of nitrogens with zero attached hydrogens (tertiary/aromatic N) is 1. The van der Waals surface area contributed by atoms with E-state index in [0.717, 1.165) is 19.3 Å². The maximum absolute atomic E-state index is 12.6. The van der Waals surface area contributed by atoms with Gasteiger partial charge in [0.2, 0.25) is 11.8 Å². The highest BCUT2D eigenvalue weighted by atomic mass is 35.5. The summed E-state index contributed by atoms with van der Waals surface area (Å²) in [4.78, 5) is 26.3. The summed E-state index contributed by atoms with van der Waals surface area (Å²) in [6, 6.07) is 4.85. The van der Waals surface area contributed by atoms with Gasteiger partial charge in [0.15, 0.2) is 0 Å². The molecule has 0 radical (unpaired) electrons. The first-order chi connectivity index (χ1) is 9.49. The van der Waals surface area contributed by atoms with Gasteiger partial charge in [0, 0.05) is 5.02 Å². The Balaban J connectivity index is 2.00. The van der Waals surface area contributed by atoms with Crippen LogP contribution in [0.2, 0.25) is 10.0 Å². The SMILES string of the molecule is C[C@@H]1CC[C@H]2C(=O)N(c3cc(Cl)ccc3Cl)C(=O)[C@H]2C1. The molecule has 2 amide bonds. The number of hydrogen-bond acceptors (Lipinski definition) is 2. The van der Waals surface area contributed by atoms with E-state index < -0.39 is 0 Å². The third-order valence-electron chi connectivity index (χ3n) is 4.34. The fourth-order valence-corrected chi connectivity index (χ4v) is 3.65. The number of benzene rings is 1. The first-order valence-electron chi connectivity index (χ1n) is 6.82. The standard InChI is InChI=1S/C15H15Cl2NO2/c1-8-2-4-10-11(6-8)15(20)18(14(10)19)13-7-9(16)3-5-12(13)17/h3,5,7-8,10-11H,2,4,6H2,1H3/t8-,10-,11+/m1/s1. The molecule has 3 nitrogen and oxygen atoms in total. The Bertz CT molecular complexity index is 587. The van der Waals surface area contributed by atoms with Crippen molar-refractivity contribution >= 4 is 40.7 Å². The van der Waals surface area contributed by atoms with Crippen LogP contribution >= 0.6 is 23.2 Å². The van der Waals surface area contributed by atoms with Crippen LogP contribution in [0.15, 0.2) is 18.2 Å². The first kappa shape index (κ1) is 13.9. The largest absolute Gasteiger partial charge is 0.274 e. The monoisotopic (exact) mass is 311 g/mol. The van der Waals surface area contributed by atoms with Gasteiger partial charge in [-0.15, -0.1) is 0 Å². The minimum Gasteiger partial charge on any atom is -0.274 e. The molecule has 0 bridgehead atoms. The quantitative estimate of drug-likeness (QED) is 0.737. The molecule has 20 heavy (non-hydrogen) atoms. The Morgan fingerprint density at radius 2 is 1.80 bits per heavy atom. The number of halogens is 2. The highest BCUT2D eigenvalue weighted by Gasteiger charge is 2.50. The minimum absolute atomic E-state index is 0.129. The summed E-state index contributed by atoms with van der Waals surface area (Å²) in [5.41, 5.74) is 0.413. The predicted molar refractivity (Wildman–Crippen MR) is 79.0 cm³/mol. The molecule has 1 aromatic carbocycles. The van der Waals surface area contributed by atoms with Gasteiger partial charge in [-0.3, -0.25) is 9.59 Å². The number of hydrogen-bond donors (Lipinski definition) is 0. The Morgan fingerprint density at radius 1 is 1.10 bits per heavy atom. The highest BCUT2D eigenvalue weighted by Crippen LogP contribution is 2.43. The van der Waals surface area contributed by atoms with Crippen LogP contribution in [0, 0.1) is 17.8 Å². The van der Waals surface area contributed by atoms with E-state index in [4.69, 9.17) is 23.2 Å². The number of amides is 2. The normalized spacial score (nSPS) is 29.8. The molecule has 3 atom stereocenters. The average Bonchev–Trinajstić information content (AvgIpc) is 2.65. The molecule has 2 aliphatic rings. The van der Waals surface area contributed by atoms with Gasteiger partial charge in [-0.25, -0.2) is 4.90 Å². The maximum atomic E-state index is 12.6. The lowest BCUT2D eigenvalue weighted by Crippen LogP contribution is -2.31. The van der Waals surface area contributed by atoms with Crippen molar-refractivity contribution in [1.29, 1.82) is 0 Å². The van der Waals surface area contributed by atoms with Crippen LogP contribution in [0.3, 0.4) is 0 Å². The summed E-state index contributed by atoms with van der Waals surface area (Å²) >= 11 is 12.1. The van der Waals surface area contributed by atoms with E-state index in [-0.39, 0.29) is 23.7 Å². The van der Waals surface area contributed by atoms with E-state index in [2.05, 4.69) is 6.92 Å². The van der Waals surface area contributed by atoms with Crippen molar-refractivity contribution in [2.75, 3.05) is 4.90 Å². The summed E-state index contributed by atoms with van der Waals surface area (Å²) in [6.45, 7) is 2.13. The van der Waals surface area contributed by atoms with Crippen LogP contribution in [0.4, 0.5) is 5.69 Å². The van der Waals surface area contributed by atoms with Crippen molar-refractivity contribution < 1.29 is 9.59 Å². The minimum atomic E-state index is -0.193. The van der Waals surface area contributed by atoms with E-state index in [1.807, 2.05) is 0 Å². The smallest absolute Gasteiger partial charge is 0.237 e. The highest BCUT2D eigenvalue weighted by molar-refractivity contribution is 6.37. The molecule has 1 saturated heterocycles. The van der Waals surface area contributed by atoms with Gasteiger partial charge in [-0.1, -0.05) is 30.1 Å². The van der Waals surface area contributed by atoms with E-state index >= 15 is 0 Å². The van der Waals surface area contributed by atoms with Crippen LogP contribution in [-0.4, -0.2) is 11.8 Å². The topological polar surface area (TPSA) is 37.4 Å². The summed E-state index contributed by atoms with van der Waals surface area (Å²) in [5, 5.41) is 0.844. The number of rotatable bonds is 1. The van der Waals surface area contributed by atoms with Crippen molar-refractivity contribution in [2.45, 2.75) is 26.2 Å². The second kappa shape index (κ2) is 5.05. The van der Waals surface area contributed by atoms with Gasteiger partial charge in [-0.05, 0) is 43.4 Å². The Kier molecular flexibility index (Phi) is 3.51. The molecule has 1 aromatic rings. The molecule has 0 spiro atoms. The Morgan fingerprint density at radius 3 is 2.55 bits per heavy atom. The van der Waals surface area contributed by atoms with Crippen molar-refractivity contribution in [3.05, 3.63) is 28.2 Å². The third kappa shape index (κ3) is 2.13. The van der Waals surface area contributed by atoms with Crippen molar-refractivity contribution in [2.24, 2.45) is 17.8 Å². The second-order valence-corrected chi connectivity index (χ2v) is 6.58. The number of carbonyl (C=O) groups excluding carboxylic acids is 2. The van der Waals surface area contributed by atoms with Crippen LogP contribution in [0.25, 0.3) is 0 Å². The maximum Gasteiger partial charge on any atom is 0.237 e. The zero-order valence-electron chi connectivity index (χ0n) is 11.1. The number of carbonyl (C=O) groups is 2.